The Balaban J connectivity index is 1.59. The SMILES string of the molecule is CC(=O)Nc1cccc([C@@H](C)NC(=O)N(C)Cc2ccc3c(c2)OCO3)c1. The van der Waals surface area contributed by atoms with Crippen LogP contribution in [0, 0.1) is 0 Å². The van der Waals surface area contributed by atoms with Gasteiger partial charge in [-0.2, -0.15) is 0 Å². The van der Waals surface area contributed by atoms with Crippen LogP contribution in [0.15, 0.2) is 42.5 Å². The number of nitrogens with one attached hydrogen (secondary N) is 2. The third kappa shape index (κ3) is 4.69. The highest BCUT2D eigenvalue weighted by Gasteiger charge is 2.17. The zero-order chi connectivity index (χ0) is 19.4. The van der Waals surface area contributed by atoms with Crippen molar-refractivity contribution in [2.24, 2.45) is 0 Å². The van der Waals surface area contributed by atoms with Crippen molar-refractivity contribution < 1.29 is 19.1 Å². The molecule has 0 spiro atoms. The van der Waals surface area contributed by atoms with Gasteiger partial charge in [-0.05, 0) is 42.3 Å². The number of ether oxygens (including phenoxy) is 2. The number of hydrogen-bond acceptors (Lipinski definition) is 4. The number of nitrogens with zero attached hydrogens (tertiary/aromatic N) is 1. The lowest BCUT2D eigenvalue weighted by molar-refractivity contribution is -0.114. The first-order valence-corrected chi connectivity index (χ1v) is 8.70. The van der Waals surface area contributed by atoms with Gasteiger partial charge in [-0.1, -0.05) is 18.2 Å². The summed E-state index contributed by atoms with van der Waals surface area (Å²) in [5.41, 5.74) is 2.57. The Hall–Kier alpha value is -3.22. The largest absolute Gasteiger partial charge is 0.454 e. The Morgan fingerprint density at radius 1 is 1.15 bits per heavy atom. The lowest BCUT2D eigenvalue weighted by Gasteiger charge is -2.22. The van der Waals surface area contributed by atoms with Crippen LogP contribution in [0.2, 0.25) is 0 Å². The number of rotatable bonds is 5. The molecule has 2 aromatic rings. The summed E-state index contributed by atoms with van der Waals surface area (Å²) in [6.45, 7) is 4.04. The molecule has 0 aromatic heterocycles. The summed E-state index contributed by atoms with van der Waals surface area (Å²) in [5.74, 6) is 1.29. The minimum absolute atomic E-state index is 0.132. The maximum atomic E-state index is 12.5. The molecule has 0 saturated carbocycles. The van der Waals surface area contributed by atoms with E-state index in [0.717, 1.165) is 16.9 Å². The van der Waals surface area contributed by atoms with Crippen molar-refractivity contribution in [3.63, 3.8) is 0 Å². The Labute approximate surface area is 158 Å². The van der Waals surface area contributed by atoms with Crippen molar-refractivity contribution in [3.05, 3.63) is 53.6 Å². The van der Waals surface area contributed by atoms with Crippen LogP contribution < -0.4 is 20.1 Å². The fourth-order valence-corrected chi connectivity index (χ4v) is 2.85. The molecule has 1 atom stereocenters. The van der Waals surface area contributed by atoms with Crippen molar-refractivity contribution in [1.82, 2.24) is 10.2 Å². The van der Waals surface area contributed by atoms with Crippen molar-refractivity contribution in [2.45, 2.75) is 26.4 Å². The number of fused-ring (bicyclic) bond motifs is 1. The highest BCUT2D eigenvalue weighted by molar-refractivity contribution is 5.88. The van der Waals surface area contributed by atoms with E-state index in [1.807, 2.05) is 49.4 Å². The quantitative estimate of drug-likeness (QED) is 0.848. The average molecular weight is 369 g/mol. The van der Waals surface area contributed by atoms with E-state index in [9.17, 15) is 9.59 Å². The molecule has 0 fully saturated rings. The third-order valence-corrected chi connectivity index (χ3v) is 4.25. The summed E-state index contributed by atoms with van der Waals surface area (Å²) < 4.78 is 10.7. The van der Waals surface area contributed by atoms with Crippen LogP contribution in [0.5, 0.6) is 11.5 Å². The summed E-state index contributed by atoms with van der Waals surface area (Å²) >= 11 is 0. The number of urea groups is 1. The summed E-state index contributed by atoms with van der Waals surface area (Å²) in [5, 5.41) is 5.71. The van der Waals surface area contributed by atoms with E-state index in [-0.39, 0.29) is 24.8 Å². The first kappa shape index (κ1) is 18.6. The molecule has 0 bridgehead atoms. The molecule has 2 aromatic carbocycles. The predicted octanol–water partition coefficient (Wildman–Crippen LogP) is 3.28. The molecule has 1 heterocycles. The zero-order valence-corrected chi connectivity index (χ0v) is 15.6. The van der Waals surface area contributed by atoms with Crippen molar-refractivity contribution >= 4 is 17.6 Å². The topological polar surface area (TPSA) is 79.9 Å². The maximum absolute atomic E-state index is 12.5. The van der Waals surface area contributed by atoms with Gasteiger partial charge < -0.3 is 25.0 Å². The van der Waals surface area contributed by atoms with E-state index in [2.05, 4.69) is 10.6 Å². The molecule has 0 radical (unpaired) electrons. The Morgan fingerprint density at radius 2 is 1.93 bits per heavy atom. The molecule has 3 amide bonds. The summed E-state index contributed by atoms with van der Waals surface area (Å²) in [6, 6.07) is 12.7. The van der Waals surface area contributed by atoms with E-state index in [1.165, 1.54) is 6.92 Å². The second-order valence-corrected chi connectivity index (χ2v) is 6.52. The molecule has 0 saturated heterocycles. The second-order valence-electron chi connectivity index (χ2n) is 6.52. The molecule has 0 aliphatic carbocycles. The highest BCUT2D eigenvalue weighted by Crippen LogP contribution is 2.32. The Morgan fingerprint density at radius 3 is 2.70 bits per heavy atom. The maximum Gasteiger partial charge on any atom is 0.317 e. The monoisotopic (exact) mass is 369 g/mol. The molecule has 7 nitrogen and oxygen atoms in total. The van der Waals surface area contributed by atoms with Gasteiger partial charge in [0.05, 0.1) is 6.04 Å². The predicted molar refractivity (Wildman–Crippen MR) is 102 cm³/mol. The van der Waals surface area contributed by atoms with E-state index >= 15 is 0 Å². The van der Waals surface area contributed by atoms with Crippen LogP contribution >= 0.6 is 0 Å². The van der Waals surface area contributed by atoms with Crippen molar-refractivity contribution in [1.29, 1.82) is 0 Å². The van der Waals surface area contributed by atoms with Crippen LogP contribution in [0.3, 0.4) is 0 Å². The van der Waals surface area contributed by atoms with E-state index in [4.69, 9.17) is 9.47 Å². The van der Waals surface area contributed by atoms with Crippen LogP contribution in [0.25, 0.3) is 0 Å². The van der Waals surface area contributed by atoms with Gasteiger partial charge in [-0.15, -0.1) is 0 Å². The molecule has 142 valence electrons. The van der Waals surface area contributed by atoms with Gasteiger partial charge in [0.15, 0.2) is 11.5 Å². The molecule has 3 rings (SSSR count). The average Bonchev–Trinajstić information content (AvgIpc) is 3.09. The second kappa shape index (κ2) is 7.99. The molecular formula is C20H23N3O4. The molecule has 7 heteroatoms. The zero-order valence-electron chi connectivity index (χ0n) is 15.6. The summed E-state index contributed by atoms with van der Waals surface area (Å²) in [4.78, 5) is 25.3. The number of amides is 3. The highest BCUT2D eigenvalue weighted by atomic mass is 16.7. The van der Waals surface area contributed by atoms with Gasteiger partial charge in [0.1, 0.15) is 0 Å². The van der Waals surface area contributed by atoms with Crippen LogP contribution in [0.1, 0.15) is 31.0 Å². The fraction of sp³-hybridized carbons (Fsp3) is 0.300. The van der Waals surface area contributed by atoms with Gasteiger partial charge in [0, 0.05) is 26.2 Å². The van der Waals surface area contributed by atoms with Gasteiger partial charge in [-0.25, -0.2) is 4.79 Å². The van der Waals surface area contributed by atoms with Crippen LogP contribution in [0.4, 0.5) is 10.5 Å². The lowest BCUT2D eigenvalue weighted by atomic mass is 10.1. The minimum atomic E-state index is -0.203. The Bertz CT molecular complexity index is 853. The number of carbonyl (C=O) groups is 2. The number of anilines is 1. The van der Waals surface area contributed by atoms with Crippen molar-refractivity contribution in [3.8, 4) is 11.5 Å². The summed E-state index contributed by atoms with van der Waals surface area (Å²) in [7, 11) is 1.74. The normalized spacial score (nSPS) is 13.0. The molecular weight excluding hydrogens is 346 g/mol. The lowest BCUT2D eigenvalue weighted by Crippen LogP contribution is -2.38. The van der Waals surface area contributed by atoms with Gasteiger partial charge in [0.25, 0.3) is 0 Å². The van der Waals surface area contributed by atoms with E-state index in [0.29, 0.717) is 18.0 Å². The van der Waals surface area contributed by atoms with Crippen molar-refractivity contribution in [2.75, 3.05) is 19.2 Å². The van der Waals surface area contributed by atoms with E-state index < -0.39 is 0 Å². The molecule has 27 heavy (non-hydrogen) atoms. The smallest absolute Gasteiger partial charge is 0.317 e. The standard InChI is InChI=1S/C20H23N3O4/c1-13(16-5-4-6-17(10-16)22-14(2)24)21-20(25)23(3)11-15-7-8-18-19(9-15)27-12-26-18/h4-10,13H,11-12H2,1-3H3,(H,21,25)(H,22,24)/t13-/m1/s1. The van der Waals surface area contributed by atoms with Crippen LogP contribution in [-0.2, 0) is 11.3 Å². The first-order valence-electron chi connectivity index (χ1n) is 8.70. The Kier molecular flexibility index (Phi) is 5.49. The van der Waals surface area contributed by atoms with Gasteiger partial charge >= 0.3 is 6.03 Å². The summed E-state index contributed by atoms with van der Waals surface area (Å²) in [6.07, 6.45) is 0. The molecule has 1 aliphatic heterocycles. The minimum Gasteiger partial charge on any atom is -0.454 e. The molecule has 1 aliphatic rings. The van der Waals surface area contributed by atoms with Gasteiger partial charge in [-0.3, -0.25) is 4.79 Å². The fourth-order valence-electron chi connectivity index (χ4n) is 2.85. The number of hydrogen-bond donors (Lipinski definition) is 2. The molecule has 0 unspecified atom stereocenters. The van der Waals surface area contributed by atoms with Crippen LogP contribution in [-0.4, -0.2) is 30.7 Å². The third-order valence-electron chi connectivity index (χ3n) is 4.25. The first-order chi connectivity index (χ1) is 12.9. The number of carbonyl (C=O) groups excluding carboxylic acids is 2. The van der Waals surface area contributed by atoms with E-state index in [1.54, 1.807) is 11.9 Å². The molecule has 2 N–H and O–H groups in total. The number of benzene rings is 2. The van der Waals surface area contributed by atoms with Gasteiger partial charge in [0.2, 0.25) is 12.7 Å².